The Kier molecular flexibility index (Phi) is 32.5. The number of rotatable bonds is 32. The predicted octanol–water partition coefficient (Wildman–Crippen LogP) is 10.6. The van der Waals surface area contributed by atoms with Crippen LogP contribution in [0.15, 0.2) is 12.2 Å². The molecular weight excluding hydrogens is 466 g/mol. The second-order valence-corrected chi connectivity index (χ2v) is 12.1. The second kappa shape index (κ2) is 32.8. The Morgan fingerprint density at radius 2 is 0.737 bits per heavy atom. The molecule has 0 saturated carbocycles. The number of unbranched alkanes of at least 4 members (excludes halogenated alkanes) is 28. The summed E-state index contributed by atoms with van der Waals surface area (Å²) in [6.45, 7) is 2.12. The van der Waals surface area contributed by atoms with Gasteiger partial charge in [0.2, 0.25) is 0 Å². The highest BCUT2D eigenvalue weighted by molar-refractivity contribution is 4.93. The molecule has 228 valence electrons. The summed E-state index contributed by atoms with van der Waals surface area (Å²) < 4.78 is 0. The Morgan fingerprint density at radius 3 is 1.00 bits per heavy atom. The maximum Gasteiger partial charge on any atom is 0.0894 e. The first-order valence-electron chi connectivity index (χ1n) is 17.4. The first kappa shape index (κ1) is 37.6. The van der Waals surface area contributed by atoms with Crippen LogP contribution in [0.2, 0.25) is 0 Å². The monoisotopic (exact) mass is 538 g/mol. The summed E-state index contributed by atoms with van der Waals surface area (Å²) in [5.41, 5.74) is 5.58. The summed E-state index contributed by atoms with van der Waals surface area (Å²) in [6.07, 6.45) is 44.0. The Morgan fingerprint density at radius 1 is 0.474 bits per heavy atom. The van der Waals surface area contributed by atoms with E-state index < -0.39 is 12.1 Å². The summed E-state index contributed by atoms with van der Waals surface area (Å²) in [6, 6.07) is -0.560. The van der Waals surface area contributed by atoms with Gasteiger partial charge >= 0.3 is 0 Å². The van der Waals surface area contributed by atoms with E-state index in [9.17, 15) is 5.11 Å². The Bertz CT molecular complexity index is 453. The highest BCUT2D eigenvalue weighted by atomic mass is 16.3. The molecule has 0 aromatic carbocycles. The predicted molar refractivity (Wildman–Crippen MR) is 170 cm³/mol. The molecule has 0 radical (unpaired) electrons. The van der Waals surface area contributed by atoms with Gasteiger partial charge in [0.25, 0.3) is 0 Å². The molecule has 2 atom stereocenters. The third-order valence-electron chi connectivity index (χ3n) is 8.21. The maximum absolute atomic E-state index is 9.65. The van der Waals surface area contributed by atoms with Crippen LogP contribution in [0.3, 0.4) is 0 Å². The molecule has 0 aromatic rings. The normalized spacial score (nSPS) is 13.5. The van der Waals surface area contributed by atoms with Gasteiger partial charge in [0.15, 0.2) is 0 Å². The molecule has 38 heavy (non-hydrogen) atoms. The second-order valence-electron chi connectivity index (χ2n) is 12.1. The number of nitrogens with two attached hydrogens (primary N) is 1. The molecule has 0 spiro atoms. The molecule has 0 aromatic heterocycles. The number of allylic oxidation sites excluding steroid dienone is 1. The summed E-state index contributed by atoms with van der Waals surface area (Å²) in [5.74, 6) is 0. The largest absolute Gasteiger partial charge is 0.395 e. The summed E-state index contributed by atoms with van der Waals surface area (Å²) >= 11 is 0. The number of hydrogen-bond donors (Lipinski definition) is 3. The van der Waals surface area contributed by atoms with Crippen molar-refractivity contribution in [3.8, 4) is 0 Å². The fraction of sp³-hybridized carbons (Fsp3) is 0.943. The SMILES string of the molecule is CCCCCCCCCCCCCCCCCCCCCCCCCCCCCC/C=C/[C@@H](O)[C@@H](N)CO. The van der Waals surface area contributed by atoms with E-state index in [1.165, 1.54) is 180 Å². The number of aliphatic hydroxyl groups excluding tert-OH is 2. The fourth-order valence-electron chi connectivity index (χ4n) is 5.42. The summed E-state index contributed by atoms with van der Waals surface area (Å²) in [4.78, 5) is 0. The van der Waals surface area contributed by atoms with Crippen molar-refractivity contribution < 1.29 is 10.2 Å². The molecule has 3 nitrogen and oxygen atoms in total. The van der Waals surface area contributed by atoms with Gasteiger partial charge in [0.05, 0.1) is 18.8 Å². The first-order chi connectivity index (χ1) is 18.7. The average molecular weight is 538 g/mol. The lowest BCUT2D eigenvalue weighted by atomic mass is 10.0. The van der Waals surface area contributed by atoms with E-state index in [4.69, 9.17) is 10.8 Å². The van der Waals surface area contributed by atoms with Crippen molar-refractivity contribution in [3.05, 3.63) is 12.2 Å². The van der Waals surface area contributed by atoms with Crippen LogP contribution < -0.4 is 5.73 Å². The molecule has 0 heterocycles. The fourth-order valence-corrected chi connectivity index (χ4v) is 5.42. The molecule has 0 aliphatic carbocycles. The van der Waals surface area contributed by atoms with Crippen molar-refractivity contribution in [1.82, 2.24) is 0 Å². The topological polar surface area (TPSA) is 66.5 Å². The van der Waals surface area contributed by atoms with Gasteiger partial charge in [-0.3, -0.25) is 0 Å². The van der Waals surface area contributed by atoms with Gasteiger partial charge in [0, 0.05) is 0 Å². The standard InChI is InChI=1S/C35H71NO2/c1-2-3-4-5-6-7-8-9-10-11-12-13-14-15-16-17-18-19-20-21-22-23-24-25-26-27-28-29-30-31-32-35(38)34(36)33-37/h31-32,34-35,37-38H,2-30,33,36H2,1H3/b32-31+/t34-,35+/m0/s1. The van der Waals surface area contributed by atoms with Crippen LogP contribution in [0.1, 0.15) is 193 Å². The molecule has 0 rings (SSSR count). The minimum atomic E-state index is -0.723. The van der Waals surface area contributed by atoms with Crippen molar-refractivity contribution >= 4 is 0 Å². The van der Waals surface area contributed by atoms with Crippen LogP contribution in [-0.2, 0) is 0 Å². The molecule has 3 heteroatoms. The molecule has 0 unspecified atom stereocenters. The van der Waals surface area contributed by atoms with E-state index in [1.54, 1.807) is 6.08 Å². The van der Waals surface area contributed by atoms with Gasteiger partial charge in [-0.25, -0.2) is 0 Å². The van der Waals surface area contributed by atoms with Crippen LogP contribution in [0, 0.1) is 0 Å². The number of aliphatic hydroxyl groups is 2. The molecular formula is C35H71NO2. The van der Waals surface area contributed by atoms with Crippen molar-refractivity contribution in [2.75, 3.05) is 6.61 Å². The van der Waals surface area contributed by atoms with Gasteiger partial charge < -0.3 is 15.9 Å². The van der Waals surface area contributed by atoms with Gasteiger partial charge in [0.1, 0.15) is 0 Å². The molecule has 0 aliphatic heterocycles. The quantitative estimate of drug-likeness (QED) is 0.0590. The van der Waals surface area contributed by atoms with E-state index in [1.807, 2.05) is 6.08 Å². The van der Waals surface area contributed by atoms with Crippen molar-refractivity contribution in [2.24, 2.45) is 5.73 Å². The van der Waals surface area contributed by atoms with Gasteiger partial charge in [-0.2, -0.15) is 0 Å². The average Bonchev–Trinajstić information content (AvgIpc) is 2.93. The Hall–Kier alpha value is -0.380. The minimum Gasteiger partial charge on any atom is -0.395 e. The van der Waals surface area contributed by atoms with E-state index >= 15 is 0 Å². The van der Waals surface area contributed by atoms with E-state index in [0.29, 0.717) is 0 Å². The highest BCUT2D eigenvalue weighted by Crippen LogP contribution is 2.16. The zero-order valence-electron chi connectivity index (χ0n) is 26.0. The highest BCUT2D eigenvalue weighted by Gasteiger charge is 2.08. The number of hydrogen-bond acceptors (Lipinski definition) is 3. The van der Waals surface area contributed by atoms with E-state index in [-0.39, 0.29) is 6.61 Å². The van der Waals surface area contributed by atoms with Crippen molar-refractivity contribution in [1.29, 1.82) is 0 Å². The lowest BCUT2D eigenvalue weighted by Crippen LogP contribution is -2.36. The van der Waals surface area contributed by atoms with Crippen LogP contribution in [0.4, 0.5) is 0 Å². The summed E-state index contributed by atoms with van der Waals surface area (Å²) in [5, 5.41) is 18.5. The minimum absolute atomic E-state index is 0.176. The maximum atomic E-state index is 9.65. The summed E-state index contributed by atoms with van der Waals surface area (Å²) in [7, 11) is 0. The van der Waals surface area contributed by atoms with Gasteiger partial charge in [-0.15, -0.1) is 0 Å². The van der Waals surface area contributed by atoms with Crippen LogP contribution in [0.25, 0.3) is 0 Å². The van der Waals surface area contributed by atoms with Crippen LogP contribution in [-0.4, -0.2) is 29.0 Å². The first-order valence-corrected chi connectivity index (χ1v) is 17.4. The zero-order chi connectivity index (χ0) is 27.8. The van der Waals surface area contributed by atoms with E-state index in [2.05, 4.69) is 6.92 Å². The third kappa shape index (κ3) is 30.2. The Balaban J connectivity index is 3.10. The smallest absolute Gasteiger partial charge is 0.0894 e. The van der Waals surface area contributed by atoms with E-state index in [0.717, 1.165) is 6.42 Å². The molecule has 4 N–H and O–H groups in total. The Labute approximate surface area is 239 Å². The van der Waals surface area contributed by atoms with Crippen molar-refractivity contribution in [3.63, 3.8) is 0 Å². The molecule has 0 amide bonds. The van der Waals surface area contributed by atoms with Gasteiger partial charge in [-0.1, -0.05) is 192 Å². The molecule has 0 saturated heterocycles. The van der Waals surface area contributed by atoms with Crippen LogP contribution >= 0.6 is 0 Å². The van der Waals surface area contributed by atoms with Crippen molar-refractivity contribution in [2.45, 2.75) is 205 Å². The lowest BCUT2D eigenvalue weighted by molar-refractivity contribution is 0.144. The van der Waals surface area contributed by atoms with Gasteiger partial charge in [-0.05, 0) is 12.8 Å². The molecule has 0 bridgehead atoms. The molecule has 0 fully saturated rings. The third-order valence-corrected chi connectivity index (χ3v) is 8.21. The lowest BCUT2D eigenvalue weighted by Gasteiger charge is -2.11. The molecule has 0 aliphatic rings. The van der Waals surface area contributed by atoms with Crippen LogP contribution in [0.5, 0.6) is 0 Å². The zero-order valence-corrected chi connectivity index (χ0v) is 26.0.